The van der Waals surface area contributed by atoms with Crippen LogP contribution in [0.4, 0.5) is 0 Å². The highest BCUT2D eigenvalue weighted by atomic mass is 127. The minimum absolute atomic E-state index is 0.0601. The van der Waals surface area contributed by atoms with E-state index in [1.807, 2.05) is 24.3 Å². The Morgan fingerprint density at radius 2 is 1.81 bits per heavy atom. The fraction of sp³-hybridized carbons (Fsp3) is 0.435. The molecule has 172 valence electrons. The topological polar surface area (TPSA) is 124 Å². The number of benzene rings is 1. The molecule has 1 aliphatic rings. The van der Waals surface area contributed by atoms with Crippen LogP contribution in [0.5, 0.6) is 0 Å². The SMILES string of the molecule is NC(=O)COCCNC(=O)[C@@H](NC(=O)c1ccc(-c2ccc(I)cc2)o1)C1CCCCC1. The van der Waals surface area contributed by atoms with Gasteiger partial charge in [-0.25, -0.2) is 0 Å². The molecule has 0 spiro atoms. The Balaban J connectivity index is 1.63. The third-order valence-electron chi connectivity index (χ3n) is 5.44. The number of hydrogen-bond acceptors (Lipinski definition) is 5. The standard InChI is InChI=1S/C23H28IN3O5/c24-17-8-6-15(7-9-17)18-10-11-19(32-18)22(29)27-21(16-4-2-1-3-5-16)23(30)26-12-13-31-14-20(25)28/h6-11,16,21H,1-5,12-14H2,(H2,25,28)(H,26,30)(H,27,29)/t21-/m0/s1. The fourth-order valence-corrected chi connectivity index (χ4v) is 4.20. The van der Waals surface area contributed by atoms with Gasteiger partial charge in [-0.2, -0.15) is 0 Å². The minimum atomic E-state index is -0.661. The summed E-state index contributed by atoms with van der Waals surface area (Å²) in [7, 11) is 0. The molecular formula is C23H28IN3O5. The third-order valence-corrected chi connectivity index (χ3v) is 6.16. The van der Waals surface area contributed by atoms with Crippen molar-refractivity contribution in [3.05, 3.63) is 45.7 Å². The molecule has 1 aromatic heterocycles. The van der Waals surface area contributed by atoms with Gasteiger partial charge in [0.2, 0.25) is 11.8 Å². The summed E-state index contributed by atoms with van der Waals surface area (Å²) in [6, 6.07) is 10.5. The predicted molar refractivity (Wildman–Crippen MR) is 128 cm³/mol. The number of ether oxygens (including phenoxy) is 1. The highest BCUT2D eigenvalue weighted by Crippen LogP contribution is 2.27. The molecule has 0 unspecified atom stereocenters. The van der Waals surface area contributed by atoms with Gasteiger partial charge in [-0.15, -0.1) is 0 Å². The molecule has 4 N–H and O–H groups in total. The number of carbonyl (C=O) groups is 3. The Hall–Kier alpha value is -2.40. The molecule has 1 aromatic carbocycles. The number of nitrogens with two attached hydrogens (primary N) is 1. The van der Waals surface area contributed by atoms with Crippen molar-refractivity contribution in [3.8, 4) is 11.3 Å². The van der Waals surface area contributed by atoms with Crippen LogP contribution in [0.25, 0.3) is 11.3 Å². The number of primary amides is 1. The second-order valence-electron chi connectivity index (χ2n) is 7.83. The fourth-order valence-electron chi connectivity index (χ4n) is 3.84. The number of carbonyl (C=O) groups excluding carboxylic acids is 3. The monoisotopic (exact) mass is 553 g/mol. The third kappa shape index (κ3) is 7.06. The van der Waals surface area contributed by atoms with Crippen molar-refractivity contribution in [3.63, 3.8) is 0 Å². The van der Waals surface area contributed by atoms with Crippen LogP contribution in [0.1, 0.15) is 42.7 Å². The van der Waals surface area contributed by atoms with E-state index >= 15 is 0 Å². The normalized spacial score (nSPS) is 15.2. The van der Waals surface area contributed by atoms with Crippen molar-refractivity contribution in [1.82, 2.24) is 10.6 Å². The van der Waals surface area contributed by atoms with Crippen molar-refractivity contribution in [1.29, 1.82) is 0 Å². The predicted octanol–water partition coefficient (Wildman–Crippen LogP) is 2.85. The van der Waals surface area contributed by atoms with E-state index in [-0.39, 0.29) is 37.3 Å². The number of rotatable bonds is 10. The lowest BCUT2D eigenvalue weighted by Crippen LogP contribution is -2.51. The van der Waals surface area contributed by atoms with Crippen molar-refractivity contribution in [2.75, 3.05) is 19.8 Å². The van der Waals surface area contributed by atoms with Gasteiger partial charge in [-0.3, -0.25) is 14.4 Å². The van der Waals surface area contributed by atoms with Crippen LogP contribution in [0.15, 0.2) is 40.8 Å². The van der Waals surface area contributed by atoms with Crippen molar-refractivity contribution < 1.29 is 23.5 Å². The molecule has 3 rings (SSSR count). The van der Waals surface area contributed by atoms with Gasteiger partial charge in [0, 0.05) is 15.7 Å². The summed E-state index contributed by atoms with van der Waals surface area (Å²) in [4.78, 5) is 36.5. The zero-order chi connectivity index (χ0) is 22.9. The number of amides is 3. The van der Waals surface area contributed by atoms with E-state index in [1.54, 1.807) is 12.1 Å². The second-order valence-corrected chi connectivity index (χ2v) is 9.08. The minimum Gasteiger partial charge on any atom is -0.451 e. The maximum Gasteiger partial charge on any atom is 0.287 e. The van der Waals surface area contributed by atoms with E-state index in [0.29, 0.717) is 5.76 Å². The van der Waals surface area contributed by atoms with Gasteiger partial charge >= 0.3 is 0 Å². The van der Waals surface area contributed by atoms with Crippen LogP contribution in [0.3, 0.4) is 0 Å². The van der Waals surface area contributed by atoms with E-state index in [0.717, 1.165) is 41.2 Å². The van der Waals surface area contributed by atoms with Gasteiger partial charge < -0.3 is 25.5 Å². The molecule has 0 bridgehead atoms. The Bertz CT molecular complexity index is 922. The van der Waals surface area contributed by atoms with E-state index in [4.69, 9.17) is 14.9 Å². The van der Waals surface area contributed by atoms with Crippen LogP contribution >= 0.6 is 22.6 Å². The van der Waals surface area contributed by atoms with Crippen LogP contribution in [-0.2, 0) is 14.3 Å². The van der Waals surface area contributed by atoms with E-state index in [2.05, 4.69) is 33.2 Å². The molecule has 1 heterocycles. The zero-order valence-corrected chi connectivity index (χ0v) is 19.9. The lowest BCUT2D eigenvalue weighted by molar-refractivity contribution is -0.125. The average molecular weight is 553 g/mol. The number of furan rings is 1. The average Bonchev–Trinajstić information content (AvgIpc) is 3.28. The first-order chi connectivity index (χ1) is 15.4. The molecule has 8 nitrogen and oxygen atoms in total. The molecule has 0 radical (unpaired) electrons. The van der Waals surface area contributed by atoms with Crippen molar-refractivity contribution in [2.24, 2.45) is 11.7 Å². The summed E-state index contributed by atoms with van der Waals surface area (Å²) < 4.78 is 12.0. The lowest BCUT2D eigenvalue weighted by atomic mass is 9.83. The zero-order valence-electron chi connectivity index (χ0n) is 17.8. The maximum absolute atomic E-state index is 12.9. The molecule has 0 saturated heterocycles. The first-order valence-corrected chi connectivity index (χ1v) is 11.8. The number of halogens is 1. The molecule has 9 heteroatoms. The summed E-state index contributed by atoms with van der Waals surface area (Å²) in [5, 5.41) is 5.66. The van der Waals surface area contributed by atoms with Gasteiger partial charge in [-0.1, -0.05) is 31.4 Å². The molecule has 2 aromatic rings. The number of nitrogens with one attached hydrogen (secondary N) is 2. The lowest BCUT2D eigenvalue weighted by Gasteiger charge is -2.29. The smallest absolute Gasteiger partial charge is 0.287 e. The van der Waals surface area contributed by atoms with Gasteiger partial charge in [0.1, 0.15) is 18.4 Å². The van der Waals surface area contributed by atoms with Gasteiger partial charge in [0.15, 0.2) is 5.76 Å². The highest BCUT2D eigenvalue weighted by molar-refractivity contribution is 14.1. The van der Waals surface area contributed by atoms with Crippen LogP contribution < -0.4 is 16.4 Å². The molecular weight excluding hydrogens is 525 g/mol. The first kappa shape index (κ1) is 24.2. The summed E-state index contributed by atoms with van der Waals surface area (Å²) in [5.41, 5.74) is 5.90. The summed E-state index contributed by atoms with van der Waals surface area (Å²) in [6.45, 7) is 0.195. The van der Waals surface area contributed by atoms with Crippen molar-refractivity contribution in [2.45, 2.75) is 38.1 Å². The first-order valence-electron chi connectivity index (χ1n) is 10.7. The molecule has 1 saturated carbocycles. The summed E-state index contributed by atoms with van der Waals surface area (Å²) in [6.07, 6.45) is 4.95. The van der Waals surface area contributed by atoms with Crippen LogP contribution in [0, 0.1) is 9.49 Å². The molecule has 1 aliphatic carbocycles. The van der Waals surface area contributed by atoms with Gasteiger partial charge in [0.05, 0.1) is 6.61 Å². The second kappa shape index (κ2) is 12.0. The Morgan fingerprint density at radius 1 is 1.09 bits per heavy atom. The quantitative estimate of drug-likeness (QED) is 0.309. The summed E-state index contributed by atoms with van der Waals surface area (Å²) in [5.74, 6) is -0.430. The van der Waals surface area contributed by atoms with E-state index in [1.165, 1.54) is 0 Å². The van der Waals surface area contributed by atoms with Crippen LogP contribution in [0.2, 0.25) is 0 Å². The summed E-state index contributed by atoms with van der Waals surface area (Å²) >= 11 is 2.23. The highest BCUT2D eigenvalue weighted by Gasteiger charge is 2.31. The largest absolute Gasteiger partial charge is 0.451 e. The van der Waals surface area contributed by atoms with Crippen molar-refractivity contribution >= 4 is 40.3 Å². The Kier molecular flexibility index (Phi) is 9.10. The molecule has 1 atom stereocenters. The maximum atomic E-state index is 12.9. The van der Waals surface area contributed by atoms with Gasteiger partial charge in [0.25, 0.3) is 5.91 Å². The molecule has 32 heavy (non-hydrogen) atoms. The van der Waals surface area contributed by atoms with Gasteiger partial charge in [-0.05, 0) is 65.6 Å². The molecule has 0 aliphatic heterocycles. The van der Waals surface area contributed by atoms with E-state index in [9.17, 15) is 14.4 Å². The van der Waals surface area contributed by atoms with Crippen LogP contribution in [-0.4, -0.2) is 43.5 Å². The number of hydrogen-bond donors (Lipinski definition) is 3. The molecule has 3 amide bonds. The molecule has 1 fully saturated rings. The Morgan fingerprint density at radius 3 is 2.50 bits per heavy atom. The van der Waals surface area contributed by atoms with E-state index < -0.39 is 17.9 Å². The Labute approximate surface area is 200 Å².